The Balaban J connectivity index is 1.68. The van der Waals surface area contributed by atoms with Crippen molar-refractivity contribution in [2.24, 2.45) is 0 Å². The molecular formula is C33H30FNO8S2. The molecule has 2 unspecified atom stereocenters. The summed E-state index contributed by atoms with van der Waals surface area (Å²) >= 11 is 5.17. The monoisotopic (exact) mass is 651 g/mol. The molecule has 0 amide bonds. The smallest absolute Gasteiger partial charge is 0.315 e. The number of ether oxygens (including phenoxy) is 2. The van der Waals surface area contributed by atoms with E-state index in [4.69, 9.17) is 21.7 Å². The van der Waals surface area contributed by atoms with Crippen LogP contribution in [0.3, 0.4) is 0 Å². The van der Waals surface area contributed by atoms with Gasteiger partial charge in [0.05, 0.1) is 12.8 Å². The maximum Gasteiger partial charge on any atom is 0.315 e. The van der Waals surface area contributed by atoms with Crippen LogP contribution in [-0.4, -0.2) is 38.5 Å². The summed E-state index contributed by atoms with van der Waals surface area (Å²) < 4.78 is 38.1. The quantitative estimate of drug-likeness (QED) is 0.0514. The van der Waals surface area contributed by atoms with Gasteiger partial charge in [0.1, 0.15) is 11.9 Å². The second-order valence-corrected chi connectivity index (χ2v) is 12.3. The van der Waals surface area contributed by atoms with Gasteiger partial charge in [-0.3, -0.25) is 13.8 Å². The molecule has 4 rings (SSSR count). The molecule has 1 aliphatic rings. The highest BCUT2D eigenvalue weighted by atomic mass is 32.2. The third-order valence-electron chi connectivity index (χ3n) is 7.19. The van der Waals surface area contributed by atoms with E-state index in [1.165, 1.54) is 12.1 Å². The fraction of sp³-hybridized carbons (Fsp3) is 0.242. The lowest BCUT2D eigenvalue weighted by Gasteiger charge is -2.13. The number of benzene rings is 3. The minimum Gasteiger partial charge on any atom is -0.426 e. The maximum atomic E-state index is 15.4. The Hall–Kier alpha value is -4.55. The summed E-state index contributed by atoms with van der Waals surface area (Å²) in [6.45, 7) is 5.20. The van der Waals surface area contributed by atoms with Crippen LogP contribution in [0, 0.1) is 15.9 Å². The molecule has 0 aromatic heterocycles. The highest BCUT2D eigenvalue weighted by Gasteiger charge is 2.29. The minimum atomic E-state index is -1.16. The Morgan fingerprint density at radius 3 is 2.29 bits per heavy atom. The third kappa shape index (κ3) is 8.34. The van der Waals surface area contributed by atoms with E-state index >= 15 is 4.39 Å². The lowest BCUT2D eigenvalue weighted by Crippen LogP contribution is -2.23. The molecular weight excluding hydrogens is 621 g/mol. The van der Waals surface area contributed by atoms with E-state index in [1.54, 1.807) is 75.6 Å². The van der Waals surface area contributed by atoms with Crippen molar-refractivity contribution in [1.82, 2.24) is 0 Å². The molecule has 9 nitrogen and oxygen atoms in total. The van der Waals surface area contributed by atoms with Gasteiger partial charge in [-0.25, -0.2) is 4.39 Å². The highest BCUT2D eigenvalue weighted by molar-refractivity contribution is 7.84. The standard InChI is InChI=1S/C33H30FNO8S2/c1-5-23(43-35(38)39)15-32(36)42-31-17-29-26(14-21-6-12-25(13-7-21)45(4)40)19(2)27(28(29)16-30(31)34)18-33(37)41-24-10-8-22(9-11-24)20(3)44/h6-14,16-17,23H,5,15,18H2,1-4H3/b26-14-. The molecule has 2 atom stereocenters. The van der Waals surface area contributed by atoms with Crippen molar-refractivity contribution in [3.8, 4) is 11.5 Å². The lowest BCUT2D eigenvalue weighted by molar-refractivity contribution is -0.768. The average molecular weight is 652 g/mol. The molecule has 0 N–H and O–H groups in total. The molecule has 12 heteroatoms. The van der Waals surface area contributed by atoms with E-state index in [0.717, 1.165) is 11.1 Å². The number of halogens is 1. The van der Waals surface area contributed by atoms with Gasteiger partial charge in [0, 0.05) is 26.8 Å². The first-order chi connectivity index (χ1) is 21.4. The van der Waals surface area contributed by atoms with Crippen LogP contribution in [0.4, 0.5) is 4.39 Å². The molecule has 0 saturated heterocycles. The second-order valence-electron chi connectivity index (χ2n) is 10.3. The summed E-state index contributed by atoms with van der Waals surface area (Å²) in [5.74, 6) is -2.36. The van der Waals surface area contributed by atoms with Crippen LogP contribution in [0.15, 0.2) is 71.1 Å². The van der Waals surface area contributed by atoms with Crippen molar-refractivity contribution in [2.75, 3.05) is 6.26 Å². The van der Waals surface area contributed by atoms with Gasteiger partial charge in [-0.15, -0.1) is 10.1 Å². The lowest BCUT2D eigenvalue weighted by atomic mass is 10.00. The van der Waals surface area contributed by atoms with Crippen LogP contribution in [0.5, 0.6) is 11.5 Å². The summed E-state index contributed by atoms with van der Waals surface area (Å²) in [5, 5.41) is 9.72. The normalized spacial score (nSPS) is 14.5. The van der Waals surface area contributed by atoms with Crippen molar-refractivity contribution in [3.63, 3.8) is 0 Å². The zero-order chi connectivity index (χ0) is 32.8. The molecule has 0 spiro atoms. The second kappa shape index (κ2) is 14.5. The zero-order valence-corrected chi connectivity index (χ0v) is 26.6. The van der Waals surface area contributed by atoms with Crippen molar-refractivity contribution < 1.29 is 37.6 Å². The van der Waals surface area contributed by atoms with E-state index in [-0.39, 0.29) is 18.6 Å². The number of rotatable bonds is 12. The number of hydrogen-bond donors (Lipinski definition) is 0. The number of hydrogen-bond acceptors (Lipinski definition) is 9. The van der Waals surface area contributed by atoms with Crippen LogP contribution in [0.25, 0.3) is 17.2 Å². The average Bonchev–Trinajstić information content (AvgIpc) is 3.22. The fourth-order valence-electron chi connectivity index (χ4n) is 4.80. The summed E-state index contributed by atoms with van der Waals surface area (Å²) in [6.07, 6.45) is 1.91. The topological polar surface area (TPSA) is 122 Å². The van der Waals surface area contributed by atoms with Gasteiger partial charge in [0.15, 0.2) is 11.6 Å². The Bertz CT molecular complexity index is 1750. The maximum absolute atomic E-state index is 15.4. The molecule has 45 heavy (non-hydrogen) atoms. The Kier molecular flexibility index (Phi) is 10.7. The minimum absolute atomic E-state index is 0.165. The summed E-state index contributed by atoms with van der Waals surface area (Å²) in [7, 11) is -1.16. The van der Waals surface area contributed by atoms with Crippen LogP contribution < -0.4 is 9.47 Å². The Morgan fingerprint density at radius 1 is 1.04 bits per heavy atom. The Labute approximate surface area is 267 Å². The van der Waals surface area contributed by atoms with Gasteiger partial charge in [0.2, 0.25) is 0 Å². The van der Waals surface area contributed by atoms with Crippen molar-refractivity contribution >= 4 is 57.0 Å². The highest BCUT2D eigenvalue weighted by Crippen LogP contribution is 2.46. The van der Waals surface area contributed by atoms with Crippen LogP contribution >= 0.6 is 12.2 Å². The molecule has 0 heterocycles. The van der Waals surface area contributed by atoms with E-state index in [2.05, 4.69) is 4.84 Å². The molecule has 0 fully saturated rings. The van der Waals surface area contributed by atoms with E-state index in [1.807, 2.05) is 6.08 Å². The van der Waals surface area contributed by atoms with Crippen LogP contribution in [0.1, 0.15) is 62.3 Å². The SMILES string of the molecule is CCC(CC(=O)Oc1cc2c(cc1F)C(CC(=O)Oc1ccc(C(C)=S)cc1)=C(C)/C2=C/c1ccc(S(C)=O)cc1)O[N+](=O)[O-]. The number of carbonyl (C=O) groups is 2. The van der Waals surface area contributed by atoms with Crippen LogP contribution in [-0.2, 0) is 25.2 Å². The molecule has 0 radical (unpaired) electrons. The third-order valence-corrected chi connectivity index (χ3v) is 8.36. The van der Waals surface area contributed by atoms with Gasteiger partial charge in [0.25, 0.3) is 5.09 Å². The predicted octanol–water partition coefficient (Wildman–Crippen LogP) is 6.91. The van der Waals surface area contributed by atoms with Gasteiger partial charge in [-0.1, -0.05) is 43.4 Å². The fourth-order valence-corrected chi connectivity index (χ4v) is 5.46. The van der Waals surface area contributed by atoms with Crippen molar-refractivity contribution in [3.05, 3.63) is 104 Å². The van der Waals surface area contributed by atoms with Gasteiger partial charge < -0.3 is 14.3 Å². The number of thiocarbonyl (C=S) groups is 1. The zero-order valence-electron chi connectivity index (χ0n) is 25.0. The van der Waals surface area contributed by atoms with Crippen molar-refractivity contribution in [2.45, 2.75) is 51.0 Å². The van der Waals surface area contributed by atoms with Gasteiger partial charge in [-0.2, -0.15) is 0 Å². The van der Waals surface area contributed by atoms with E-state index in [9.17, 15) is 23.9 Å². The molecule has 0 saturated carbocycles. The number of fused-ring (bicyclic) bond motifs is 1. The molecule has 0 aliphatic heterocycles. The number of allylic oxidation sites excluding steroid dienone is 2. The predicted molar refractivity (Wildman–Crippen MR) is 172 cm³/mol. The molecule has 3 aromatic rings. The van der Waals surface area contributed by atoms with E-state index < -0.39 is 46.2 Å². The molecule has 0 bridgehead atoms. The van der Waals surface area contributed by atoms with Gasteiger partial charge >= 0.3 is 11.9 Å². The Morgan fingerprint density at radius 2 is 1.71 bits per heavy atom. The molecule has 3 aromatic carbocycles. The molecule has 234 valence electrons. The summed E-state index contributed by atoms with van der Waals surface area (Å²) in [4.78, 5) is 42.2. The summed E-state index contributed by atoms with van der Waals surface area (Å²) in [6, 6.07) is 16.4. The van der Waals surface area contributed by atoms with Crippen LogP contribution in [0.2, 0.25) is 0 Å². The number of carbonyl (C=O) groups excluding carboxylic acids is 2. The molecule has 1 aliphatic carbocycles. The first-order valence-electron chi connectivity index (χ1n) is 13.9. The number of esters is 2. The first kappa shape index (κ1) is 33.3. The summed E-state index contributed by atoms with van der Waals surface area (Å²) in [5.41, 5.74) is 4.40. The number of nitrogens with zero attached hydrogens (tertiary/aromatic N) is 1. The first-order valence-corrected chi connectivity index (χ1v) is 15.9. The van der Waals surface area contributed by atoms with E-state index in [0.29, 0.717) is 43.4 Å². The largest absolute Gasteiger partial charge is 0.426 e. The van der Waals surface area contributed by atoms with Gasteiger partial charge in [-0.05, 0) is 102 Å². The van der Waals surface area contributed by atoms with Crippen molar-refractivity contribution in [1.29, 1.82) is 0 Å².